The highest BCUT2D eigenvalue weighted by atomic mass is 16.6. The molecule has 0 saturated carbocycles. The maximum absolute atomic E-state index is 12.1. The van der Waals surface area contributed by atoms with Crippen molar-refractivity contribution in [2.75, 3.05) is 6.61 Å². The molecule has 1 aliphatic rings. The van der Waals surface area contributed by atoms with Crippen molar-refractivity contribution in [1.82, 2.24) is 15.0 Å². The molecule has 1 fully saturated rings. The standard InChI is InChI=1S/C13H15N3O5/c1-5-3-14-7-2-6(13(20)16-12(7)15-5)11-10(19)9(18)8(4-17)21-11/h2-3,8-11,17-19H,4H2,1H3,(H,15,16,20)/t8-,9?,10?,11+/m1/s1. The third-order valence-corrected chi connectivity index (χ3v) is 3.56. The Hall–Kier alpha value is -1.87. The van der Waals surface area contributed by atoms with E-state index in [-0.39, 0.29) is 5.56 Å². The average Bonchev–Trinajstić information content (AvgIpc) is 2.74. The first-order valence-electron chi connectivity index (χ1n) is 6.50. The van der Waals surface area contributed by atoms with Gasteiger partial charge in [0.05, 0.1) is 17.9 Å². The van der Waals surface area contributed by atoms with E-state index in [1.165, 1.54) is 6.07 Å². The summed E-state index contributed by atoms with van der Waals surface area (Å²) in [6.07, 6.45) is -2.93. The quantitative estimate of drug-likeness (QED) is 0.546. The number of H-pyrrole nitrogens is 1. The summed E-state index contributed by atoms with van der Waals surface area (Å²) in [6.45, 7) is 1.31. The van der Waals surface area contributed by atoms with Gasteiger partial charge in [0, 0.05) is 6.20 Å². The van der Waals surface area contributed by atoms with Crippen LogP contribution < -0.4 is 5.56 Å². The number of nitrogens with one attached hydrogen (secondary N) is 1. The Bertz CT molecular complexity index is 731. The second-order valence-electron chi connectivity index (χ2n) is 5.06. The normalized spacial score (nSPS) is 29.1. The molecule has 8 nitrogen and oxygen atoms in total. The van der Waals surface area contributed by atoms with E-state index in [4.69, 9.17) is 9.84 Å². The van der Waals surface area contributed by atoms with E-state index in [0.717, 1.165) is 0 Å². The van der Waals surface area contributed by atoms with Crippen LogP contribution in [0.5, 0.6) is 0 Å². The van der Waals surface area contributed by atoms with Crippen LogP contribution in [0, 0.1) is 6.92 Å². The topological polar surface area (TPSA) is 129 Å². The van der Waals surface area contributed by atoms with E-state index >= 15 is 0 Å². The Morgan fingerprint density at radius 1 is 1.38 bits per heavy atom. The predicted molar refractivity (Wildman–Crippen MR) is 71.6 cm³/mol. The molecule has 2 aromatic rings. The lowest BCUT2D eigenvalue weighted by Gasteiger charge is -2.14. The van der Waals surface area contributed by atoms with Gasteiger partial charge >= 0.3 is 0 Å². The highest BCUT2D eigenvalue weighted by molar-refractivity contribution is 5.70. The third-order valence-electron chi connectivity index (χ3n) is 3.56. The number of aromatic nitrogens is 3. The zero-order chi connectivity index (χ0) is 15.1. The number of hydrogen-bond acceptors (Lipinski definition) is 7. The molecule has 0 spiro atoms. The summed E-state index contributed by atoms with van der Waals surface area (Å²) in [5.74, 6) is 0. The number of rotatable bonds is 2. The van der Waals surface area contributed by atoms with Crippen molar-refractivity contribution >= 4 is 11.2 Å². The summed E-state index contributed by atoms with van der Waals surface area (Å²) in [5, 5.41) is 28.8. The van der Waals surface area contributed by atoms with Crippen LogP contribution in [0.25, 0.3) is 11.2 Å². The Balaban J connectivity index is 2.07. The van der Waals surface area contributed by atoms with Crippen molar-refractivity contribution in [1.29, 1.82) is 0 Å². The van der Waals surface area contributed by atoms with Crippen molar-refractivity contribution in [3.63, 3.8) is 0 Å². The van der Waals surface area contributed by atoms with E-state index in [0.29, 0.717) is 16.9 Å². The molecule has 4 N–H and O–H groups in total. The molecule has 2 aromatic heterocycles. The number of ether oxygens (including phenoxy) is 1. The molecule has 3 heterocycles. The molecule has 1 aliphatic heterocycles. The zero-order valence-electron chi connectivity index (χ0n) is 11.2. The van der Waals surface area contributed by atoms with Crippen molar-refractivity contribution < 1.29 is 20.1 Å². The lowest BCUT2D eigenvalue weighted by Crippen LogP contribution is -2.33. The molecule has 0 aromatic carbocycles. The molecule has 8 heteroatoms. The van der Waals surface area contributed by atoms with E-state index < -0.39 is 36.6 Å². The fourth-order valence-electron chi connectivity index (χ4n) is 2.44. The summed E-state index contributed by atoms with van der Waals surface area (Å²) in [5.41, 5.74) is 1.13. The zero-order valence-corrected chi connectivity index (χ0v) is 11.2. The van der Waals surface area contributed by atoms with E-state index in [1.807, 2.05) is 0 Å². The van der Waals surface area contributed by atoms with Crippen molar-refractivity contribution in [2.24, 2.45) is 0 Å². The summed E-state index contributed by atoms with van der Waals surface area (Å²) in [4.78, 5) is 23.0. The van der Waals surface area contributed by atoms with Gasteiger partial charge in [-0.2, -0.15) is 0 Å². The number of pyridine rings is 1. The van der Waals surface area contributed by atoms with Crippen LogP contribution in [-0.4, -0.2) is 55.2 Å². The van der Waals surface area contributed by atoms with Gasteiger partial charge in [0.1, 0.15) is 29.9 Å². The number of aliphatic hydroxyl groups is 3. The highest BCUT2D eigenvalue weighted by Gasteiger charge is 2.44. The third kappa shape index (κ3) is 2.32. The maximum atomic E-state index is 12.1. The first-order chi connectivity index (χ1) is 10.0. The van der Waals surface area contributed by atoms with Crippen molar-refractivity contribution in [2.45, 2.75) is 31.3 Å². The number of fused-ring (bicyclic) bond motifs is 1. The van der Waals surface area contributed by atoms with E-state index in [2.05, 4.69) is 15.0 Å². The smallest absolute Gasteiger partial charge is 0.255 e. The average molecular weight is 293 g/mol. The molecule has 2 unspecified atom stereocenters. The van der Waals surface area contributed by atoms with Gasteiger partial charge in [-0.25, -0.2) is 4.98 Å². The van der Waals surface area contributed by atoms with Gasteiger partial charge in [-0.15, -0.1) is 0 Å². The van der Waals surface area contributed by atoms with Gasteiger partial charge < -0.3 is 25.0 Å². The summed E-state index contributed by atoms with van der Waals surface area (Å²) in [6, 6.07) is 1.47. The molecular weight excluding hydrogens is 278 g/mol. The second kappa shape index (κ2) is 5.15. The minimum atomic E-state index is -1.29. The van der Waals surface area contributed by atoms with Gasteiger partial charge in [0.25, 0.3) is 5.56 Å². The fraction of sp³-hybridized carbons (Fsp3) is 0.462. The van der Waals surface area contributed by atoms with Crippen LogP contribution in [0.4, 0.5) is 0 Å². The fourth-order valence-corrected chi connectivity index (χ4v) is 2.44. The van der Waals surface area contributed by atoms with Gasteiger partial charge in [0.15, 0.2) is 5.65 Å². The minimum Gasteiger partial charge on any atom is -0.394 e. The monoisotopic (exact) mass is 293 g/mol. The van der Waals surface area contributed by atoms with Crippen LogP contribution in [0.2, 0.25) is 0 Å². The molecule has 0 bridgehead atoms. The van der Waals surface area contributed by atoms with Crippen LogP contribution in [0.1, 0.15) is 17.4 Å². The number of aliphatic hydroxyl groups excluding tert-OH is 3. The Labute approximate surface area is 119 Å². The molecule has 1 saturated heterocycles. The van der Waals surface area contributed by atoms with Crippen LogP contribution >= 0.6 is 0 Å². The highest BCUT2D eigenvalue weighted by Crippen LogP contribution is 2.32. The first kappa shape index (κ1) is 14.1. The Kier molecular flexibility index (Phi) is 3.46. The number of hydrogen-bond donors (Lipinski definition) is 4. The van der Waals surface area contributed by atoms with Crippen molar-refractivity contribution in [3.05, 3.63) is 33.9 Å². The first-order valence-corrected chi connectivity index (χ1v) is 6.50. The SMILES string of the molecule is Cc1cnc2cc([C@@H]3O[C@H](CO)C(O)C3O)c(=O)[nH]c2n1. The second-order valence-corrected chi connectivity index (χ2v) is 5.06. The van der Waals surface area contributed by atoms with Crippen LogP contribution in [0.15, 0.2) is 17.1 Å². The van der Waals surface area contributed by atoms with Gasteiger partial charge in [-0.05, 0) is 13.0 Å². The maximum Gasteiger partial charge on any atom is 0.255 e. The van der Waals surface area contributed by atoms with Gasteiger partial charge in [-0.3, -0.25) is 9.78 Å². The Morgan fingerprint density at radius 3 is 2.81 bits per heavy atom. The largest absolute Gasteiger partial charge is 0.394 e. The molecule has 0 aliphatic carbocycles. The molecule has 4 atom stereocenters. The van der Waals surface area contributed by atoms with Crippen LogP contribution in [-0.2, 0) is 4.74 Å². The Morgan fingerprint density at radius 2 is 2.14 bits per heavy atom. The van der Waals surface area contributed by atoms with Crippen molar-refractivity contribution in [3.8, 4) is 0 Å². The van der Waals surface area contributed by atoms with Gasteiger partial charge in [0.2, 0.25) is 0 Å². The molecule has 21 heavy (non-hydrogen) atoms. The molecule has 0 radical (unpaired) electrons. The number of nitrogens with zero attached hydrogens (tertiary/aromatic N) is 2. The molecule has 112 valence electrons. The predicted octanol–water partition coefficient (Wildman–Crippen LogP) is -1.22. The molecule has 0 amide bonds. The molecule has 3 rings (SSSR count). The summed E-state index contributed by atoms with van der Waals surface area (Å²) >= 11 is 0. The lowest BCUT2D eigenvalue weighted by molar-refractivity contribution is -0.0231. The minimum absolute atomic E-state index is 0.142. The number of aryl methyl sites for hydroxylation is 1. The molecular formula is C13H15N3O5. The summed E-state index contributed by atoms with van der Waals surface area (Å²) in [7, 11) is 0. The van der Waals surface area contributed by atoms with E-state index in [1.54, 1.807) is 13.1 Å². The van der Waals surface area contributed by atoms with Gasteiger partial charge in [-0.1, -0.05) is 0 Å². The van der Waals surface area contributed by atoms with Crippen LogP contribution in [0.3, 0.4) is 0 Å². The van der Waals surface area contributed by atoms with E-state index in [9.17, 15) is 15.0 Å². The summed E-state index contributed by atoms with van der Waals surface area (Å²) < 4.78 is 5.36. The number of aromatic amines is 1. The lowest BCUT2D eigenvalue weighted by atomic mass is 10.0.